The molecular weight excluding hydrogens is 344 g/mol. The molecule has 0 aromatic carbocycles. The van der Waals surface area contributed by atoms with E-state index in [0.717, 1.165) is 30.5 Å². The number of hydrogen-bond acceptors (Lipinski definition) is 5. The third-order valence-electron chi connectivity index (χ3n) is 4.75. The minimum atomic E-state index is -0.301. The number of hydrogen-bond donors (Lipinski definition) is 1. The Morgan fingerprint density at radius 1 is 1.30 bits per heavy atom. The molecule has 1 amide bonds. The zero-order valence-corrected chi connectivity index (χ0v) is 15.0. The van der Waals surface area contributed by atoms with Crippen LogP contribution in [0.1, 0.15) is 31.9 Å². The summed E-state index contributed by atoms with van der Waals surface area (Å²) in [6.45, 7) is 2.15. The number of aromatic nitrogens is 5. The Morgan fingerprint density at radius 2 is 2.19 bits per heavy atom. The van der Waals surface area contributed by atoms with Crippen molar-refractivity contribution in [3.05, 3.63) is 59.2 Å². The predicted molar refractivity (Wildman–Crippen MR) is 101 cm³/mol. The molecular formula is C19H20N6O2. The van der Waals surface area contributed by atoms with E-state index in [4.69, 9.17) is 0 Å². The van der Waals surface area contributed by atoms with Gasteiger partial charge in [0.15, 0.2) is 5.65 Å². The van der Waals surface area contributed by atoms with Crippen LogP contribution >= 0.6 is 0 Å². The second kappa shape index (κ2) is 7.14. The van der Waals surface area contributed by atoms with E-state index in [1.54, 1.807) is 29.0 Å². The molecule has 1 aliphatic rings. The molecule has 1 unspecified atom stereocenters. The van der Waals surface area contributed by atoms with Crippen molar-refractivity contribution in [2.24, 2.45) is 5.92 Å². The second-order valence-corrected chi connectivity index (χ2v) is 6.88. The first-order chi connectivity index (χ1) is 13.1. The lowest BCUT2D eigenvalue weighted by Gasteiger charge is -2.18. The first kappa shape index (κ1) is 17.1. The molecule has 0 aliphatic heterocycles. The van der Waals surface area contributed by atoms with Gasteiger partial charge in [0, 0.05) is 6.20 Å². The molecule has 0 saturated heterocycles. The maximum absolute atomic E-state index is 12.4. The monoisotopic (exact) mass is 364 g/mol. The number of nitrogens with one attached hydrogen (secondary N) is 1. The molecule has 3 aromatic rings. The van der Waals surface area contributed by atoms with E-state index in [-0.39, 0.29) is 18.0 Å². The summed E-state index contributed by atoms with van der Waals surface area (Å²) in [7, 11) is 0. The van der Waals surface area contributed by atoms with Gasteiger partial charge >= 0.3 is 0 Å². The minimum absolute atomic E-state index is 0.0760. The number of amides is 1. The zero-order valence-electron chi connectivity index (χ0n) is 15.0. The van der Waals surface area contributed by atoms with E-state index in [0.29, 0.717) is 17.3 Å². The van der Waals surface area contributed by atoms with Crippen LogP contribution < -0.4 is 10.9 Å². The average Bonchev–Trinajstić information content (AvgIpc) is 3.12. The first-order valence-electron chi connectivity index (χ1n) is 8.93. The van der Waals surface area contributed by atoms with Crippen molar-refractivity contribution in [2.75, 3.05) is 5.32 Å². The van der Waals surface area contributed by atoms with Gasteiger partial charge in [-0.1, -0.05) is 13.0 Å². The van der Waals surface area contributed by atoms with Gasteiger partial charge in [0.2, 0.25) is 5.91 Å². The lowest BCUT2D eigenvalue weighted by atomic mass is 9.90. The summed E-state index contributed by atoms with van der Waals surface area (Å²) in [4.78, 5) is 32.8. The summed E-state index contributed by atoms with van der Waals surface area (Å²) >= 11 is 0. The molecule has 4 rings (SSSR count). The molecule has 0 fully saturated rings. The minimum Gasteiger partial charge on any atom is -0.323 e. The Balaban J connectivity index is 1.50. The molecule has 1 N–H and O–H groups in total. The summed E-state index contributed by atoms with van der Waals surface area (Å²) in [5.41, 5.74) is 2.88. The van der Waals surface area contributed by atoms with Gasteiger partial charge in [-0.3, -0.25) is 9.59 Å². The molecule has 0 saturated carbocycles. The fraction of sp³-hybridized carbons (Fsp3) is 0.316. The SMILES string of the molecule is CC1CC=C(c2cn(CC(=O)Nc3ccc4ncnn4c3)c(=O)cn2)CC1. The van der Waals surface area contributed by atoms with Crippen LogP contribution in [0.5, 0.6) is 0 Å². The number of fused-ring (bicyclic) bond motifs is 1. The number of carbonyl (C=O) groups is 1. The molecule has 1 atom stereocenters. The van der Waals surface area contributed by atoms with Crippen molar-refractivity contribution in [3.8, 4) is 0 Å². The molecule has 27 heavy (non-hydrogen) atoms. The maximum Gasteiger partial charge on any atom is 0.269 e. The Bertz CT molecular complexity index is 1080. The van der Waals surface area contributed by atoms with Crippen LogP contribution in [0.25, 0.3) is 11.2 Å². The first-order valence-corrected chi connectivity index (χ1v) is 8.93. The number of pyridine rings is 1. The zero-order chi connectivity index (χ0) is 18.8. The van der Waals surface area contributed by atoms with Gasteiger partial charge in [0.05, 0.1) is 23.8 Å². The molecule has 0 spiro atoms. The second-order valence-electron chi connectivity index (χ2n) is 6.88. The number of rotatable bonds is 4. The average molecular weight is 364 g/mol. The van der Waals surface area contributed by atoms with E-state index in [9.17, 15) is 9.59 Å². The smallest absolute Gasteiger partial charge is 0.269 e. The lowest BCUT2D eigenvalue weighted by Crippen LogP contribution is -2.28. The predicted octanol–water partition coefficient (Wildman–Crippen LogP) is 2.13. The van der Waals surface area contributed by atoms with Gasteiger partial charge in [0.1, 0.15) is 12.9 Å². The number of allylic oxidation sites excluding steroid dienone is 2. The van der Waals surface area contributed by atoms with Gasteiger partial charge < -0.3 is 9.88 Å². The summed E-state index contributed by atoms with van der Waals surface area (Å²) in [6, 6.07) is 3.51. The van der Waals surface area contributed by atoms with E-state index in [1.807, 2.05) is 0 Å². The lowest BCUT2D eigenvalue weighted by molar-refractivity contribution is -0.116. The molecule has 0 radical (unpaired) electrons. The highest BCUT2D eigenvalue weighted by atomic mass is 16.2. The number of anilines is 1. The third kappa shape index (κ3) is 3.79. The Hall–Kier alpha value is -3.29. The Kier molecular flexibility index (Phi) is 4.53. The van der Waals surface area contributed by atoms with Crippen molar-refractivity contribution in [3.63, 3.8) is 0 Å². The van der Waals surface area contributed by atoms with Gasteiger partial charge in [-0.2, -0.15) is 5.10 Å². The van der Waals surface area contributed by atoms with Crippen LogP contribution in [0.4, 0.5) is 5.69 Å². The summed E-state index contributed by atoms with van der Waals surface area (Å²) in [6.07, 6.45) is 11.3. The summed E-state index contributed by atoms with van der Waals surface area (Å²) in [5.74, 6) is 0.382. The van der Waals surface area contributed by atoms with Crippen LogP contribution in [0.15, 0.2) is 47.9 Å². The molecule has 3 aromatic heterocycles. The van der Waals surface area contributed by atoms with Crippen LogP contribution in [0, 0.1) is 5.92 Å². The molecule has 0 bridgehead atoms. The van der Waals surface area contributed by atoms with Crippen molar-refractivity contribution in [1.82, 2.24) is 24.1 Å². The summed E-state index contributed by atoms with van der Waals surface area (Å²) in [5, 5.41) is 6.82. The van der Waals surface area contributed by atoms with Crippen LogP contribution in [0.3, 0.4) is 0 Å². The standard InChI is InChI=1S/C19H20N6O2/c1-13-2-4-14(5-3-13)16-10-24(19(27)8-20-16)11-18(26)23-15-6-7-17-21-12-22-25(17)9-15/h4,6-10,12-13H,2-3,5,11H2,1H3,(H,23,26). The van der Waals surface area contributed by atoms with Crippen molar-refractivity contribution < 1.29 is 4.79 Å². The van der Waals surface area contributed by atoms with Gasteiger partial charge in [-0.15, -0.1) is 0 Å². The van der Waals surface area contributed by atoms with Crippen molar-refractivity contribution in [1.29, 1.82) is 0 Å². The van der Waals surface area contributed by atoms with Gasteiger partial charge in [-0.25, -0.2) is 14.5 Å². The van der Waals surface area contributed by atoms with Crippen molar-refractivity contribution in [2.45, 2.75) is 32.7 Å². The largest absolute Gasteiger partial charge is 0.323 e. The van der Waals surface area contributed by atoms with E-state index >= 15 is 0 Å². The Morgan fingerprint density at radius 3 is 3.00 bits per heavy atom. The maximum atomic E-state index is 12.4. The topological polar surface area (TPSA) is 94.2 Å². The van der Waals surface area contributed by atoms with Gasteiger partial charge in [0.25, 0.3) is 5.56 Å². The van der Waals surface area contributed by atoms with E-state index < -0.39 is 0 Å². The number of nitrogens with zero attached hydrogens (tertiary/aromatic N) is 5. The highest BCUT2D eigenvalue weighted by Crippen LogP contribution is 2.28. The molecule has 138 valence electrons. The Labute approximate surface area is 155 Å². The van der Waals surface area contributed by atoms with E-state index in [2.05, 4.69) is 33.4 Å². The highest BCUT2D eigenvalue weighted by Gasteiger charge is 2.14. The highest BCUT2D eigenvalue weighted by molar-refractivity contribution is 5.90. The van der Waals surface area contributed by atoms with Crippen LogP contribution in [0.2, 0.25) is 0 Å². The molecule has 8 nitrogen and oxygen atoms in total. The van der Waals surface area contributed by atoms with Crippen molar-refractivity contribution >= 4 is 22.8 Å². The summed E-state index contributed by atoms with van der Waals surface area (Å²) < 4.78 is 2.97. The fourth-order valence-electron chi connectivity index (χ4n) is 3.18. The molecule has 8 heteroatoms. The number of carbonyl (C=O) groups excluding carboxylic acids is 1. The van der Waals surface area contributed by atoms with Crippen LogP contribution in [-0.4, -0.2) is 30.1 Å². The third-order valence-corrected chi connectivity index (χ3v) is 4.75. The normalized spacial score (nSPS) is 16.9. The van der Waals surface area contributed by atoms with Crippen LogP contribution in [-0.2, 0) is 11.3 Å². The quantitative estimate of drug-likeness (QED) is 0.765. The van der Waals surface area contributed by atoms with E-state index in [1.165, 1.54) is 17.1 Å². The fourth-order valence-corrected chi connectivity index (χ4v) is 3.18. The molecule has 3 heterocycles. The van der Waals surface area contributed by atoms with Gasteiger partial charge in [-0.05, 0) is 42.9 Å². The molecule has 1 aliphatic carbocycles.